The van der Waals surface area contributed by atoms with E-state index in [-0.39, 0.29) is 11.9 Å². The molecule has 0 heterocycles. The standard InChI is InChI=1S/C21H18BrNO2/c1-25-17-13-11-16(12-14-17)20(15-7-3-2-4-8-15)23-21(24)18-9-5-6-10-19(18)22/h2-14,20H,1H3,(H,23,24)/t20-/m1/s1. The molecule has 25 heavy (non-hydrogen) atoms. The van der Waals surface area contributed by atoms with Crippen LogP contribution in [0.2, 0.25) is 0 Å². The fourth-order valence-electron chi connectivity index (χ4n) is 2.66. The van der Waals surface area contributed by atoms with Gasteiger partial charge < -0.3 is 10.1 Å². The summed E-state index contributed by atoms with van der Waals surface area (Å²) in [7, 11) is 1.64. The molecule has 0 radical (unpaired) electrons. The van der Waals surface area contributed by atoms with E-state index in [9.17, 15) is 4.79 Å². The summed E-state index contributed by atoms with van der Waals surface area (Å²) in [4.78, 5) is 12.8. The normalized spacial score (nSPS) is 11.6. The number of amides is 1. The van der Waals surface area contributed by atoms with Crippen LogP contribution in [0, 0.1) is 0 Å². The highest BCUT2D eigenvalue weighted by Crippen LogP contribution is 2.25. The monoisotopic (exact) mass is 395 g/mol. The van der Waals surface area contributed by atoms with Crippen molar-refractivity contribution >= 4 is 21.8 Å². The number of nitrogens with one attached hydrogen (secondary N) is 1. The van der Waals surface area contributed by atoms with Gasteiger partial charge in [-0.25, -0.2) is 0 Å². The van der Waals surface area contributed by atoms with Gasteiger partial charge in [-0.2, -0.15) is 0 Å². The minimum Gasteiger partial charge on any atom is -0.497 e. The van der Waals surface area contributed by atoms with Gasteiger partial charge in [0.2, 0.25) is 0 Å². The van der Waals surface area contributed by atoms with Crippen LogP contribution in [0.15, 0.2) is 83.3 Å². The fourth-order valence-corrected chi connectivity index (χ4v) is 3.12. The van der Waals surface area contributed by atoms with Crippen molar-refractivity contribution in [1.82, 2.24) is 5.32 Å². The summed E-state index contributed by atoms with van der Waals surface area (Å²) >= 11 is 3.44. The van der Waals surface area contributed by atoms with Crippen molar-refractivity contribution in [3.8, 4) is 5.75 Å². The maximum atomic E-state index is 12.8. The van der Waals surface area contributed by atoms with E-state index in [1.165, 1.54) is 0 Å². The number of methoxy groups -OCH3 is 1. The van der Waals surface area contributed by atoms with Crippen molar-refractivity contribution in [2.75, 3.05) is 7.11 Å². The average molecular weight is 396 g/mol. The van der Waals surface area contributed by atoms with E-state index in [1.54, 1.807) is 13.2 Å². The molecule has 4 heteroatoms. The number of halogens is 1. The van der Waals surface area contributed by atoms with Crippen LogP contribution in [0.4, 0.5) is 0 Å². The molecular formula is C21H18BrNO2. The molecular weight excluding hydrogens is 378 g/mol. The molecule has 0 aliphatic heterocycles. The highest BCUT2D eigenvalue weighted by molar-refractivity contribution is 9.10. The molecule has 0 aliphatic rings. The molecule has 0 aromatic heterocycles. The predicted molar refractivity (Wildman–Crippen MR) is 103 cm³/mol. The van der Waals surface area contributed by atoms with Gasteiger partial charge >= 0.3 is 0 Å². The average Bonchev–Trinajstić information content (AvgIpc) is 2.67. The molecule has 0 unspecified atom stereocenters. The summed E-state index contributed by atoms with van der Waals surface area (Å²) in [6.45, 7) is 0. The summed E-state index contributed by atoms with van der Waals surface area (Å²) in [6.07, 6.45) is 0. The largest absolute Gasteiger partial charge is 0.497 e. The summed E-state index contributed by atoms with van der Waals surface area (Å²) in [5, 5.41) is 3.13. The van der Waals surface area contributed by atoms with Crippen LogP contribution in [0.3, 0.4) is 0 Å². The van der Waals surface area contributed by atoms with E-state index in [1.807, 2.05) is 72.8 Å². The van der Waals surface area contributed by atoms with Crippen LogP contribution in [-0.4, -0.2) is 13.0 Å². The Morgan fingerprint density at radius 3 is 2.12 bits per heavy atom. The van der Waals surface area contributed by atoms with E-state index in [0.717, 1.165) is 21.3 Å². The minimum atomic E-state index is -0.244. The first-order valence-electron chi connectivity index (χ1n) is 7.93. The number of hydrogen-bond acceptors (Lipinski definition) is 2. The molecule has 0 aliphatic carbocycles. The summed E-state index contributed by atoms with van der Waals surface area (Å²) in [5.74, 6) is 0.657. The molecule has 1 amide bonds. The fraction of sp³-hybridized carbons (Fsp3) is 0.0952. The number of rotatable bonds is 5. The molecule has 3 nitrogen and oxygen atoms in total. The third kappa shape index (κ3) is 4.09. The van der Waals surface area contributed by atoms with Gasteiger partial charge in [-0.1, -0.05) is 54.6 Å². The van der Waals surface area contributed by atoms with Crippen molar-refractivity contribution in [1.29, 1.82) is 0 Å². The first-order valence-corrected chi connectivity index (χ1v) is 8.72. The summed E-state index contributed by atoms with van der Waals surface area (Å²) < 4.78 is 6.00. The quantitative estimate of drug-likeness (QED) is 0.661. The minimum absolute atomic E-state index is 0.128. The van der Waals surface area contributed by atoms with Gasteiger partial charge in [0.25, 0.3) is 5.91 Å². The van der Waals surface area contributed by atoms with Crippen molar-refractivity contribution in [3.63, 3.8) is 0 Å². The maximum absolute atomic E-state index is 12.8. The molecule has 3 aromatic carbocycles. The van der Waals surface area contributed by atoms with E-state index in [4.69, 9.17) is 4.74 Å². The third-order valence-electron chi connectivity index (χ3n) is 3.98. The second-order valence-electron chi connectivity index (χ2n) is 5.57. The van der Waals surface area contributed by atoms with E-state index >= 15 is 0 Å². The Balaban J connectivity index is 1.94. The van der Waals surface area contributed by atoms with Crippen molar-refractivity contribution < 1.29 is 9.53 Å². The Bertz CT molecular complexity index is 847. The van der Waals surface area contributed by atoms with Gasteiger partial charge in [0, 0.05) is 4.47 Å². The molecule has 0 saturated carbocycles. The molecule has 126 valence electrons. The SMILES string of the molecule is COc1ccc([C@H](NC(=O)c2ccccc2Br)c2ccccc2)cc1. The predicted octanol–water partition coefficient (Wildman–Crippen LogP) is 4.98. The zero-order valence-electron chi connectivity index (χ0n) is 13.8. The number of carbonyl (C=O) groups excluding carboxylic acids is 1. The van der Waals surface area contributed by atoms with Gasteiger partial charge in [-0.15, -0.1) is 0 Å². The van der Waals surface area contributed by atoms with Crippen molar-refractivity contribution in [2.45, 2.75) is 6.04 Å². The molecule has 3 aromatic rings. The van der Waals surface area contributed by atoms with Crippen molar-refractivity contribution in [2.24, 2.45) is 0 Å². The van der Waals surface area contributed by atoms with E-state index in [0.29, 0.717) is 5.56 Å². The van der Waals surface area contributed by atoms with Crippen LogP contribution >= 0.6 is 15.9 Å². The number of hydrogen-bond donors (Lipinski definition) is 1. The summed E-state index contributed by atoms with van der Waals surface area (Å²) in [6, 6.07) is 24.8. The van der Waals surface area contributed by atoms with Crippen LogP contribution in [0.1, 0.15) is 27.5 Å². The highest BCUT2D eigenvalue weighted by atomic mass is 79.9. The molecule has 0 saturated heterocycles. The third-order valence-corrected chi connectivity index (χ3v) is 4.67. The Kier molecular flexibility index (Phi) is 5.51. The van der Waals surface area contributed by atoms with Gasteiger partial charge in [-0.05, 0) is 51.3 Å². The smallest absolute Gasteiger partial charge is 0.253 e. The van der Waals surface area contributed by atoms with Gasteiger partial charge in [-0.3, -0.25) is 4.79 Å². The van der Waals surface area contributed by atoms with Gasteiger partial charge in [0.05, 0.1) is 18.7 Å². The van der Waals surface area contributed by atoms with Crippen molar-refractivity contribution in [3.05, 3.63) is 100 Å². The van der Waals surface area contributed by atoms with Gasteiger partial charge in [0.15, 0.2) is 0 Å². The highest BCUT2D eigenvalue weighted by Gasteiger charge is 2.19. The van der Waals surface area contributed by atoms with Crippen LogP contribution in [0.25, 0.3) is 0 Å². The Morgan fingerprint density at radius 2 is 1.48 bits per heavy atom. The zero-order chi connectivity index (χ0) is 17.6. The topological polar surface area (TPSA) is 38.3 Å². The molecule has 0 bridgehead atoms. The maximum Gasteiger partial charge on any atom is 0.253 e. The first kappa shape index (κ1) is 17.2. The Hall–Kier alpha value is -2.59. The molecule has 0 spiro atoms. The van der Waals surface area contributed by atoms with E-state index < -0.39 is 0 Å². The second kappa shape index (κ2) is 7.99. The number of ether oxygens (including phenoxy) is 1. The number of benzene rings is 3. The lowest BCUT2D eigenvalue weighted by atomic mass is 9.98. The summed E-state index contributed by atoms with van der Waals surface area (Å²) in [5.41, 5.74) is 2.62. The molecule has 3 rings (SSSR count). The Morgan fingerprint density at radius 1 is 0.880 bits per heavy atom. The van der Waals surface area contributed by atoms with Crippen LogP contribution in [0.5, 0.6) is 5.75 Å². The Labute approximate surface area is 155 Å². The van der Waals surface area contributed by atoms with Crippen LogP contribution in [-0.2, 0) is 0 Å². The van der Waals surface area contributed by atoms with Gasteiger partial charge in [0.1, 0.15) is 5.75 Å². The second-order valence-corrected chi connectivity index (χ2v) is 6.42. The molecule has 1 atom stereocenters. The zero-order valence-corrected chi connectivity index (χ0v) is 15.4. The lowest BCUT2D eigenvalue weighted by molar-refractivity contribution is 0.0942. The molecule has 0 fully saturated rings. The van der Waals surface area contributed by atoms with E-state index in [2.05, 4.69) is 21.2 Å². The molecule has 1 N–H and O–H groups in total. The lowest BCUT2D eigenvalue weighted by Gasteiger charge is -2.20. The van der Waals surface area contributed by atoms with Crippen LogP contribution < -0.4 is 10.1 Å². The lowest BCUT2D eigenvalue weighted by Crippen LogP contribution is -2.29. The first-order chi connectivity index (χ1) is 12.2. The number of carbonyl (C=O) groups is 1.